The van der Waals surface area contributed by atoms with Crippen LogP contribution in [0.5, 0.6) is 18.0 Å². The molecule has 0 atom stereocenters. The number of hydrogen-bond donors (Lipinski definition) is 0. The van der Waals surface area contributed by atoms with Crippen LogP contribution in [0.2, 0.25) is 0 Å². The summed E-state index contributed by atoms with van der Waals surface area (Å²) in [4.78, 5) is 12.8. The topological polar surface area (TPSA) is 66.4 Å². The van der Waals surface area contributed by atoms with Gasteiger partial charge in [-0.05, 0) is 35.5 Å². The molecule has 1 aromatic heterocycles. The van der Waals surface area contributed by atoms with Crippen molar-refractivity contribution in [1.29, 1.82) is 0 Å². The molecule has 0 N–H and O–H groups in total. The van der Waals surface area contributed by atoms with Gasteiger partial charge in [0.15, 0.2) is 0 Å². The van der Waals surface area contributed by atoms with Crippen molar-refractivity contribution >= 4 is 0 Å². The van der Waals surface area contributed by atoms with Gasteiger partial charge in [0.05, 0.1) is 19.8 Å². The van der Waals surface area contributed by atoms with Crippen LogP contribution in [-0.4, -0.2) is 34.8 Å². The van der Waals surface area contributed by atoms with Crippen LogP contribution in [0, 0.1) is 16.2 Å². The van der Waals surface area contributed by atoms with E-state index >= 15 is 0 Å². The van der Waals surface area contributed by atoms with Crippen LogP contribution in [0.25, 0.3) is 0 Å². The lowest BCUT2D eigenvalue weighted by Gasteiger charge is -2.19. The van der Waals surface area contributed by atoms with Gasteiger partial charge in [-0.3, -0.25) is 0 Å². The molecule has 0 aliphatic carbocycles. The van der Waals surface area contributed by atoms with Gasteiger partial charge in [-0.2, -0.15) is 0 Å². The van der Waals surface area contributed by atoms with Gasteiger partial charge in [-0.25, -0.2) is 0 Å². The Kier molecular flexibility index (Phi) is 8.30. The Bertz CT molecular complexity index is 476. The third-order valence-electron chi connectivity index (χ3n) is 3.82. The molecule has 0 aliphatic rings. The van der Waals surface area contributed by atoms with Crippen LogP contribution in [0.4, 0.5) is 0 Å². The van der Waals surface area contributed by atoms with Gasteiger partial charge < -0.3 is 14.2 Å². The molecular formula is C21H39N3O3. The summed E-state index contributed by atoms with van der Waals surface area (Å²) in [6.07, 6.45) is 2.71. The van der Waals surface area contributed by atoms with Crippen LogP contribution >= 0.6 is 0 Å². The minimum atomic E-state index is 0.186. The van der Waals surface area contributed by atoms with Crippen molar-refractivity contribution in [3.63, 3.8) is 0 Å². The number of aromatic nitrogens is 3. The van der Waals surface area contributed by atoms with Crippen molar-refractivity contribution in [3.8, 4) is 18.0 Å². The molecule has 0 bridgehead atoms. The molecule has 0 radical (unpaired) electrons. The number of nitrogens with zero attached hydrogens (tertiary/aromatic N) is 3. The second-order valence-electron chi connectivity index (χ2n) is 10.7. The Morgan fingerprint density at radius 1 is 0.481 bits per heavy atom. The van der Waals surface area contributed by atoms with E-state index in [0.29, 0.717) is 19.8 Å². The summed E-state index contributed by atoms with van der Waals surface area (Å²) >= 11 is 0. The van der Waals surface area contributed by atoms with Gasteiger partial charge in [0.25, 0.3) is 0 Å². The lowest BCUT2D eigenvalue weighted by Crippen LogP contribution is -2.16. The highest BCUT2D eigenvalue weighted by Crippen LogP contribution is 2.23. The normalized spacial score (nSPS) is 12.8. The second-order valence-corrected chi connectivity index (χ2v) is 10.7. The fourth-order valence-corrected chi connectivity index (χ4v) is 1.86. The van der Waals surface area contributed by atoms with Gasteiger partial charge in [0.2, 0.25) is 0 Å². The zero-order chi connectivity index (χ0) is 20.7. The second kappa shape index (κ2) is 9.56. The molecule has 156 valence electrons. The summed E-state index contributed by atoms with van der Waals surface area (Å²) in [6.45, 7) is 21.2. The zero-order valence-corrected chi connectivity index (χ0v) is 18.8. The van der Waals surface area contributed by atoms with Crippen LogP contribution in [-0.2, 0) is 0 Å². The van der Waals surface area contributed by atoms with Gasteiger partial charge in [-0.15, -0.1) is 15.0 Å². The van der Waals surface area contributed by atoms with Crippen molar-refractivity contribution < 1.29 is 14.2 Å². The predicted molar refractivity (Wildman–Crippen MR) is 109 cm³/mol. The lowest BCUT2D eigenvalue weighted by atomic mass is 9.93. The molecular weight excluding hydrogens is 342 g/mol. The molecule has 1 aromatic rings. The third-order valence-corrected chi connectivity index (χ3v) is 3.82. The Morgan fingerprint density at radius 3 is 0.889 bits per heavy atom. The van der Waals surface area contributed by atoms with Gasteiger partial charge in [0, 0.05) is 0 Å². The first kappa shape index (κ1) is 23.4. The van der Waals surface area contributed by atoms with Crippen LogP contribution in [0.1, 0.15) is 81.6 Å². The molecule has 1 heterocycles. The monoisotopic (exact) mass is 381 g/mol. The minimum Gasteiger partial charge on any atom is -0.463 e. The van der Waals surface area contributed by atoms with Gasteiger partial charge in [-0.1, -0.05) is 62.3 Å². The molecule has 0 unspecified atom stereocenters. The fourth-order valence-electron chi connectivity index (χ4n) is 1.86. The summed E-state index contributed by atoms with van der Waals surface area (Å²) in [5.74, 6) is 0. The average Bonchev–Trinajstić information content (AvgIpc) is 2.43. The summed E-state index contributed by atoms with van der Waals surface area (Å²) < 4.78 is 17.2. The third kappa shape index (κ3) is 12.4. The quantitative estimate of drug-likeness (QED) is 0.577. The maximum atomic E-state index is 5.74. The van der Waals surface area contributed by atoms with E-state index in [1.54, 1.807) is 0 Å². The summed E-state index contributed by atoms with van der Waals surface area (Å²) in [6, 6.07) is 0.766. The van der Waals surface area contributed by atoms with E-state index < -0.39 is 0 Å². The Hall–Kier alpha value is -1.59. The molecule has 0 spiro atoms. The molecule has 1 rings (SSSR count). The molecule has 0 aliphatic heterocycles. The lowest BCUT2D eigenvalue weighted by molar-refractivity contribution is 0.191. The Morgan fingerprint density at radius 2 is 0.704 bits per heavy atom. The first-order chi connectivity index (χ1) is 12.2. The van der Waals surface area contributed by atoms with Crippen molar-refractivity contribution in [2.24, 2.45) is 16.2 Å². The van der Waals surface area contributed by atoms with E-state index in [4.69, 9.17) is 14.2 Å². The molecule has 0 fully saturated rings. The number of ether oxygens (including phenoxy) is 3. The molecule has 0 aromatic carbocycles. The highest BCUT2D eigenvalue weighted by atomic mass is 16.5. The fraction of sp³-hybridized carbons (Fsp3) is 0.857. The molecule has 6 nitrogen and oxygen atoms in total. The maximum Gasteiger partial charge on any atom is 0.325 e. The summed E-state index contributed by atoms with van der Waals surface area (Å²) in [5, 5.41) is 0. The number of rotatable bonds is 9. The SMILES string of the molecule is CC(C)(C)CCOc1nc(OCCC(C)(C)C)nc(OCCC(C)(C)C)n1. The standard InChI is InChI=1S/C21H39N3O3/c1-19(2,3)10-13-25-16-22-17(26-14-11-20(4,5)6)24-18(23-16)27-15-12-21(7,8)9/h10-15H2,1-9H3. The minimum absolute atomic E-state index is 0.186. The van der Waals surface area contributed by atoms with E-state index in [1.165, 1.54) is 0 Å². The largest absolute Gasteiger partial charge is 0.463 e. The van der Waals surface area contributed by atoms with E-state index in [0.717, 1.165) is 19.3 Å². The van der Waals surface area contributed by atoms with E-state index in [-0.39, 0.29) is 34.3 Å². The first-order valence-corrected chi connectivity index (χ1v) is 9.88. The molecule has 27 heavy (non-hydrogen) atoms. The summed E-state index contributed by atoms with van der Waals surface area (Å²) in [7, 11) is 0. The van der Waals surface area contributed by atoms with Crippen molar-refractivity contribution in [2.45, 2.75) is 81.6 Å². The Balaban J connectivity index is 2.77. The molecule has 6 heteroatoms. The van der Waals surface area contributed by atoms with Crippen molar-refractivity contribution in [1.82, 2.24) is 15.0 Å². The Labute approximate surface area is 165 Å². The van der Waals surface area contributed by atoms with Gasteiger partial charge >= 0.3 is 18.0 Å². The summed E-state index contributed by atoms with van der Waals surface area (Å²) in [5.41, 5.74) is 0.557. The highest BCUT2D eigenvalue weighted by Gasteiger charge is 2.16. The molecule has 0 amide bonds. The van der Waals surface area contributed by atoms with Crippen molar-refractivity contribution in [3.05, 3.63) is 0 Å². The van der Waals surface area contributed by atoms with E-state index in [2.05, 4.69) is 77.3 Å². The van der Waals surface area contributed by atoms with Crippen LogP contribution in [0.15, 0.2) is 0 Å². The smallest absolute Gasteiger partial charge is 0.325 e. The highest BCUT2D eigenvalue weighted by molar-refractivity contribution is 5.09. The predicted octanol–water partition coefficient (Wildman–Crippen LogP) is 5.32. The number of hydrogen-bond acceptors (Lipinski definition) is 6. The van der Waals surface area contributed by atoms with Crippen molar-refractivity contribution in [2.75, 3.05) is 19.8 Å². The van der Waals surface area contributed by atoms with Crippen LogP contribution < -0.4 is 14.2 Å². The average molecular weight is 382 g/mol. The van der Waals surface area contributed by atoms with Crippen LogP contribution in [0.3, 0.4) is 0 Å². The molecule has 0 saturated carbocycles. The van der Waals surface area contributed by atoms with E-state index in [9.17, 15) is 0 Å². The zero-order valence-electron chi connectivity index (χ0n) is 18.8. The maximum absolute atomic E-state index is 5.74. The first-order valence-electron chi connectivity index (χ1n) is 9.88. The van der Waals surface area contributed by atoms with Gasteiger partial charge in [0.1, 0.15) is 0 Å². The van der Waals surface area contributed by atoms with E-state index in [1.807, 2.05) is 0 Å². The molecule has 0 saturated heterocycles.